The maximum absolute atomic E-state index is 11.4. The molecular formula is C20H34O5. The summed E-state index contributed by atoms with van der Waals surface area (Å²) in [5, 5.41) is 0. The molecule has 0 aliphatic heterocycles. The Bertz CT molecular complexity index is 405. The van der Waals surface area contributed by atoms with E-state index in [4.69, 9.17) is 14.2 Å². The second kappa shape index (κ2) is 11.9. The van der Waals surface area contributed by atoms with Gasteiger partial charge >= 0.3 is 11.9 Å². The summed E-state index contributed by atoms with van der Waals surface area (Å²) in [5.41, 5.74) is -0.437. The molecule has 0 saturated heterocycles. The summed E-state index contributed by atoms with van der Waals surface area (Å²) >= 11 is 0. The monoisotopic (exact) mass is 354 g/mol. The molecule has 0 atom stereocenters. The van der Waals surface area contributed by atoms with Crippen LogP contribution >= 0.6 is 0 Å². The minimum Gasteiger partial charge on any atom is -0.462 e. The maximum atomic E-state index is 11.4. The first-order chi connectivity index (χ1) is 11.9. The Kier molecular flexibility index (Phi) is 11.1. The van der Waals surface area contributed by atoms with E-state index < -0.39 is 17.4 Å². The Morgan fingerprint density at radius 3 is 1.40 bits per heavy atom. The van der Waals surface area contributed by atoms with Crippen LogP contribution in [0.1, 0.15) is 53.4 Å². The van der Waals surface area contributed by atoms with Gasteiger partial charge in [0.2, 0.25) is 0 Å². The van der Waals surface area contributed by atoms with Crippen LogP contribution in [0, 0.1) is 10.8 Å². The van der Waals surface area contributed by atoms with Crippen LogP contribution in [0.25, 0.3) is 0 Å². The second-order valence-corrected chi connectivity index (χ2v) is 6.53. The summed E-state index contributed by atoms with van der Waals surface area (Å²) in [6.45, 7) is 16.4. The zero-order valence-corrected chi connectivity index (χ0v) is 16.3. The summed E-state index contributed by atoms with van der Waals surface area (Å²) in [7, 11) is 0. The molecule has 0 amide bonds. The van der Waals surface area contributed by atoms with Gasteiger partial charge in [0.15, 0.2) is 0 Å². The van der Waals surface area contributed by atoms with E-state index >= 15 is 0 Å². The number of ether oxygens (including phenoxy) is 3. The Balaban J connectivity index is 5.00. The van der Waals surface area contributed by atoms with Crippen LogP contribution in [0.3, 0.4) is 0 Å². The fourth-order valence-electron chi connectivity index (χ4n) is 2.54. The lowest BCUT2D eigenvalue weighted by molar-refractivity contribution is -0.153. The molecule has 0 spiro atoms. The van der Waals surface area contributed by atoms with Crippen molar-refractivity contribution < 1.29 is 23.8 Å². The van der Waals surface area contributed by atoms with Crippen molar-refractivity contribution in [3.05, 3.63) is 25.3 Å². The molecule has 0 aliphatic carbocycles. The van der Waals surface area contributed by atoms with E-state index in [0.717, 1.165) is 31.4 Å². The van der Waals surface area contributed by atoms with Crippen LogP contribution in [0.5, 0.6) is 0 Å². The first-order valence-electron chi connectivity index (χ1n) is 9.02. The summed E-state index contributed by atoms with van der Waals surface area (Å²) in [6.07, 6.45) is 5.99. The van der Waals surface area contributed by atoms with Crippen molar-refractivity contribution in [3.8, 4) is 0 Å². The van der Waals surface area contributed by atoms with E-state index in [0.29, 0.717) is 19.6 Å². The number of rotatable bonds is 14. The van der Waals surface area contributed by atoms with Crippen molar-refractivity contribution in [2.45, 2.75) is 53.4 Å². The Morgan fingerprint density at radius 1 is 0.720 bits per heavy atom. The largest absolute Gasteiger partial charge is 0.462 e. The molecule has 0 radical (unpaired) electrons. The lowest BCUT2D eigenvalue weighted by Crippen LogP contribution is -2.39. The summed E-state index contributed by atoms with van der Waals surface area (Å²) in [5.74, 6) is -1.00. The Labute approximate surface area is 152 Å². The molecule has 0 heterocycles. The Morgan fingerprint density at radius 2 is 1.08 bits per heavy atom. The van der Waals surface area contributed by atoms with Crippen molar-refractivity contribution in [1.82, 2.24) is 0 Å². The molecular weight excluding hydrogens is 320 g/mol. The van der Waals surface area contributed by atoms with E-state index in [2.05, 4.69) is 33.9 Å². The lowest BCUT2D eigenvalue weighted by atomic mass is 9.80. The van der Waals surface area contributed by atoms with Crippen molar-refractivity contribution in [1.29, 1.82) is 0 Å². The highest BCUT2D eigenvalue weighted by Gasteiger charge is 2.34. The lowest BCUT2D eigenvalue weighted by Gasteiger charge is -2.35. The van der Waals surface area contributed by atoms with Crippen LogP contribution < -0.4 is 0 Å². The van der Waals surface area contributed by atoms with Gasteiger partial charge in [0.25, 0.3) is 0 Å². The molecule has 0 rings (SSSR count). The molecule has 0 unspecified atom stereocenters. The van der Waals surface area contributed by atoms with Gasteiger partial charge in [0.1, 0.15) is 13.2 Å². The van der Waals surface area contributed by atoms with Gasteiger partial charge < -0.3 is 14.2 Å². The molecule has 0 N–H and O–H groups in total. The molecule has 144 valence electrons. The molecule has 5 heteroatoms. The molecule has 25 heavy (non-hydrogen) atoms. The summed E-state index contributed by atoms with van der Waals surface area (Å²) < 4.78 is 16.5. The van der Waals surface area contributed by atoms with Gasteiger partial charge in [-0.1, -0.05) is 40.9 Å². The van der Waals surface area contributed by atoms with E-state index in [-0.39, 0.29) is 18.6 Å². The van der Waals surface area contributed by atoms with Crippen LogP contribution in [0.2, 0.25) is 0 Å². The number of esters is 2. The fraction of sp³-hybridized carbons (Fsp3) is 0.700. The third-order valence-corrected chi connectivity index (χ3v) is 5.19. The topological polar surface area (TPSA) is 61.8 Å². The SMILES string of the molecule is C=CC(=O)OCC(CC)(COCC(CC)(CC)CC)COC(=O)C=C. The van der Waals surface area contributed by atoms with Gasteiger partial charge in [-0.05, 0) is 31.1 Å². The van der Waals surface area contributed by atoms with Gasteiger partial charge in [0.05, 0.1) is 18.6 Å². The van der Waals surface area contributed by atoms with E-state index in [1.54, 1.807) is 0 Å². The smallest absolute Gasteiger partial charge is 0.330 e. The van der Waals surface area contributed by atoms with Gasteiger partial charge in [-0.2, -0.15) is 0 Å². The van der Waals surface area contributed by atoms with Crippen LogP contribution in [-0.4, -0.2) is 38.4 Å². The number of carbonyl (C=O) groups excluding carboxylic acids is 2. The molecule has 0 aliphatic rings. The third-order valence-electron chi connectivity index (χ3n) is 5.19. The van der Waals surface area contributed by atoms with Gasteiger partial charge in [0, 0.05) is 12.2 Å². The highest BCUT2D eigenvalue weighted by molar-refractivity contribution is 5.81. The molecule has 0 bridgehead atoms. The first-order valence-corrected chi connectivity index (χ1v) is 9.02. The average Bonchev–Trinajstić information content (AvgIpc) is 2.66. The highest BCUT2D eigenvalue weighted by Crippen LogP contribution is 2.32. The first kappa shape index (κ1) is 23.4. The van der Waals surface area contributed by atoms with Crippen LogP contribution in [0.15, 0.2) is 25.3 Å². The molecule has 0 aromatic rings. The van der Waals surface area contributed by atoms with Gasteiger partial charge in [-0.15, -0.1) is 0 Å². The minimum atomic E-state index is -0.585. The number of hydrogen-bond acceptors (Lipinski definition) is 5. The van der Waals surface area contributed by atoms with E-state index in [9.17, 15) is 9.59 Å². The van der Waals surface area contributed by atoms with Gasteiger partial charge in [-0.3, -0.25) is 0 Å². The molecule has 0 saturated carbocycles. The van der Waals surface area contributed by atoms with Crippen LogP contribution in [0.4, 0.5) is 0 Å². The summed E-state index contributed by atoms with van der Waals surface area (Å²) in [6, 6.07) is 0. The van der Waals surface area contributed by atoms with Crippen molar-refractivity contribution >= 4 is 11.9 Å². The predicted molar refractivity (Wildman–Crippen MR) is 99.2 cm³/mol. The zero-order valence-electron chi connectivity index (χ0n) is 16.3. The molecule has 5 nitrogen and oxygen atoms in total. The van der Waals surface area contributed by atoms with Crippen molar-refractivity contribution in [2.24, 2.45) is 10.8 Å². The van der Waals surface area contributed by atoms with E-state index in [1.807, 2.05) is 6.92 Å². The normalized spacial score (nSPS) is 11.7. The molecule has 0 aromatic carbocycles. The Hall–Kier alpha value is -1.62. The maximum Gasteiger partial charge on any atom is 0.330 e. The number of carbonyl (C=O) groups is 2. The predicted octanol–water partition coefficient (Wildman–Crippen LogP) is 4.07. The van der Waals surface area contributed by atoms with Crippen molar-refractivity contribution in [2.75, 3.05) is 26.4 Å². The van der Waals surface area contributed by atoms with Crippen molar-refractivity contribution in [3.63, 3.8) is 0 Å². The molecule has 0 fully saturated rings. The second-order valence-electron chi connectivity index (χ2n) is 6.53. The quantitative estimate of drug-likeness (QED) is 0.347. The number of hydrogen-bond donors (Lipinski definition) is 0. The zero-order chi connectivity index (χ0) is 19.3. The van der Waals surface area contributed by atoms with Gasteiger partial charge in [-0.25, -0.2) is 9.59 Å². The minimum absolute atomic E-state index is 0.107. The standard InChI is InChI=1S/C20H34O5/c1-7-17(21)24-15-20(12-6,16-25-18(22)8-2)14-23-13-19(9-3,10-4)11-5/h7-8H,1-2,9-16H2,3-6H3. The average molecular weight is 354 g/mol. The highest BCUT2D eigenvalue weighted by atomic mass is 16.6. The molecule has 0 aromatic heterocycles. The fourth-order valence-corrected chi connectivity index (χ4v) is 2.54. The van der Waals surface area contributed by atoms with E-state index in [1.165, 1.54) is 0 Å². The van der Waals surface area contributed by atoms with Crippen LogP contribution in [-0.2, 0) is 23.8 Å². The third kappa shape index (κ3) is 7.86. The summed E-state index contributed by atoms with van der Waals surface area (Å²) in [4.78, 5) is 22.9.